The molecule has 2 rings (SSSR count). The van der Waals surface area contributed by atoms with Gasteiger partial charge in [0, 0.05) is 6.07 Å². The van der Waals surface area contributed by atoms with Gasteiger partial charge in [0.2, 0.25) is 5.75 Å². The van der Waals surface area contributed by atoms with Gasteiger partial charge >= 0.3 is 5.69 Å². The van der Waals surface area contributed by atoms with Crippen LogP contribution in [-0.2, 0) is 0 Å². The monoisotopic (exact) mass is 291 g/mol. The number of nitrogens with two attached hydrogens (primary N) is 1. The predicted molar refractivity (Wildman–Crippen MR) is 75.6 cm³/mol. The Morgan fingerprint density at radius 1 is 1.25 bits per heavy atom. The smallest absolute Gasteiger partial charge is 0.313 e. The van der Waals surface area contributed by atoms with Gasteiger partial charge < -0.3 is 10.5 Å². The molecule has 0 fully saturated rings. The average Bonchev–Trinajstić information content (AvgIpc) is 2.41. The largest absolute Gasteiger partial charge is 0.448 e. The summed E-state index contributed by atoms with van der Waals surface area (Å²) in [5, 5.41) is 18.6. The van der Waals surface area contributed by atoms with Crippen LogP contribution in [0.2, 0.25) is 5.02 Å². The molecular formula is C13H10ClN3O3. The zero-order valence-corrected chi connectivity index (χ0v) is 10.9. The van der Waals surface area contributed by atoms with Crippen LogP contribution in [0.3, 0.4) is 0 Å². The standard InChI is InChI=1S/C13H10ClN3O3/c14-9-5-3-6-10(17(18)19)12(9)20-11-7-2-1-4-8(11)13(15)16/h1-7H,(H3,15,16). The Balaban J connectivity index is 2.51. The molecule has 3 N–H and O–H groups in total. The molecule has 0 radical (unpaired) electrons. The molecule has 0 unspecified atom stereocenters. The van der Waals surface area contributed by atoms with Crippen LogP contribution in [0.25, 0.3) is 0 Å². The Hall–Kier alpha value is -2.60. The maximum atomic E-state index is 11.0. The lowest BCUT2D eigenvalue weighted by atomic mass is 10.2. The summed E-state index contributed by atoms with van der Waals surface area (Å²) in [7, 11) is 0. The summed E-state index contributed by atoms with van der Waals surface area (Å²) in [5.74, 6) is -0.0422. The molecule has 0 amide bonds. The number of para-hydroxylation sites is 2. The first-order chi connectivity index (χ1) is 9.50. The number of benzene rings is 2. The van der Waals surface area contributed by atoms with Gasteiger partial charge in [-0.05, 0) is 18.2 Å². The predicted octanol–water partition coefficient (Wildman–Crippen LogP) is 3.32. The van der Waals surface area contributed by atoms with E-state index in [1.165, 1.54) is 18.2 Å². The quantitative estimate of drug-likeness (QED) is 0.390. The van der Waals surface area contributed by atoms with Gasteiger partial charge in [0.15, 0.2) is 0 Å². The van der Waals surface area contributed by atoms with Crippen LogP contribution in [0.15, 0.2) is 42.5 Å². The highest BCUT2D eigenvalue weighted by molar-refractivity contribution is 6.32. The van der Waals surface area contributed by atoms with Gasteiger partial charge in [-0.1, -0.05) is 29.8 Å². The number of nitrogens with zero attached hydrogens (tertiary/aromatic N) is 1. The van der Waals surface area contributed by atoms with Crippen molar-refractivity contribution in [1.29, 1.82) is 5.41 Å². The highest BCUT2D eigenvalue weighted by atomic mass is 35.5. The van der Waals surface area contributed by atoms with Gasteiger partial charge in [0.1, 0.15) is 11.6 Å². The minimum atomic E-state index is -0.586. The molecule has 0 bridgehead atoms. The SMILES string of the molecule is N=C(N)c1ccccc1Oc1c(Cl)cccc1[N+](=O)[O-]. The number of nitro benzene ring substituents is 1. The van der Waals surface area contributed by atoms with E-state index in [1.54, 1.807) is 24.3 Å². The summed E-state index contributed by atoms with van der Waals surface area (Å²) < 4.78 is 5.50. The molecule has 0 atom stereocenters. The van der Waals surface area contributed by atoms with E-state index in [9.17, 15) is 10.1 Å². The first-order valence-electron chi connectivity index (χ1n) is 5.55. The van der Waals surface area contributed by atoms with Crippen LogP contribution >= 0.6 is 11.6 Å². The van der Waals surface area contributed by atoms with Crippen LogP contribution in [0.1, 0.15) is 5.56 Å². The zero-order valence-electron chi connectivity index (χ0n) is 10.2. The van der Waals surface area contributed by atoms with Gasteiger partial charge in [-0.15, -0.1) is 0 Å². The highest BCUT2D eigenvalue weighted by Gasteiger charge is 2.20. The number of nitrogen functional groups attached to an aromatic ring is 1. The molecule has 2 aromatic rings. The number of rotatable bonds is 4. The third-order valence-corrected chi connectivity index (χ3v) is 2.83. The molecular weight excluding hydrogens is 282 g/mol. The van der Waals surface area contributed by atoms with Crippen LogP contribution < -0.4 is 10.5 Å². The Bertz CT molecular complexity index is 688. The summed E-state index contributed by atoms with van der Waals surface area (Å²) in [6.45, 7) is 0. The van der Waals surface area contributed by atoms with Crippen LogP contribution in [0.4, 0.5) is 5.69 Å². The van der Waals surface area contributed by atoms with E-state index in [-0.39, 0.29) is 28.0 Å². The number of ether oxygens (including phenoxy) is 1. The van der Waals surface area contributed by atoms with Crippen molar-refractivity contribution in [3.05, 3.63) is 63.2 Å². The zero-order chi connectivity index (χ0) is 14.7. The van der Waals surface area contributed by atoms with E-state index >= 15 is 0 Å². The minimum Gasteiger partial charge on any atom is -0.448 e. The molecule has 0 aromatic heterocycles. The van der Waals surface area contributed by atoms with E-state index in [0.29, 0.717) is 5.56 Å². The third kappa shape index (κ3) is 2.70. The molecule has 0 aliphatic carbocycles. The van der Waals surface area contributed by atoms with Crippen molar-refractivity contribution in [2.45, 2.75) is 0 Å². The molecule has 0 saturated heterocycles. The lowest BCUT2D eigenvalue weighted by Gasteiger charge is -2.11. The van der Waals surface area contributed by atoms with Gasteiger partial charge in [-0.25, -0.2) is 0 Å². The minimum absolute atomic E-state index is 0.0760. The lowest BCUT2D eigenvalue weighted by molar-refractivity contribution is -0.385. The highest BCUT2D eigenvalue weighted by Crippen LogP contribution is 2.38. The fourth-order valence-electron chi connectivity index (χ4n) is 1.63. The van der Waals surface area contributed by atoms with Gasteiger partial charge in [0.05, 0.1) is 15.5 Å². The van der Waals surface area contributed by atoms with E-state index in [1.807, 2.05) is 0 Å². The van der Waals surface area contributed by atoms with E-state index in [0.717, 1.165) is 0 Å². The molecule has 0 spiro atoms. The first kappa shape index (κ1) is 13.8. The maximum absolute atomic E-state index is 11.0. The van der Waals surface area contributed by atoms with E-state index < -0.39 is 4.92 Å². The third-order valence-electron chi connectivity index (χ3n) is 2.53. The average molecular weight is 292 g/mol. The summed E-state index contributed by atoms with van der Waals surface area (Å²) in [6, 6.07) is 10.7. The first-order valence-corrected chi connectivity index (χ1v) is 5.92. The number of hydrogen-bond donors (Lipinski definition) is 2. The molecule has 20 heavy (non-hydrogen) atoms. The Kier molecular flexibility index (Phi) is 3.86. The maximum Gasteiger partial charge on any atom is 0.313 e. The molecule has 6 nitrogen and oxygen atoms in total. The Morgan fingerprint density at radius 3 is 2.60 bits per heavy atom. The van der Waals surface area contributed by atoms with Crippen molar-refractivity contribution in [2.75, 3.05) is 0 Å². The molecule has 102 valence electrons. The normalized spacial score (nSPS) is 10.1. The van der Waals surface area contributed by atoms with Crippen LogP contribution in [0.5, 0.6) is 11.5 Å². The number of nitrogens with one attached hydrogen (secondary N) is 1. The second-order valence-electron chi connectivity index (χ2n) is 3.86. The van der Waals surface area contributed by atoms with Gasteiger partial charge in [-0.2, -0.15) is 0 Å². The van der Waals surface area contributed by atoms with Crippen molar-refractivity contribution in [2.24, 2.45) is 5.73 Å². The summed E-state index contributed by atoms with van der Waals surface area (Å²) in [5.41, 5.74) is 5.52. The molecule has 0 heterocycles. The fraction of sp³-hybridized carbons (Fsp3) is 0. The second kappa shape index (κ2) is 5.58. The molecule has 0 aliphatic heterocycles. The molecule has 0 aliphatic rings. The Morgan fingerprint density at radius 2 is 1.95 bits per heavy atom. The van der Waals surface area contributed by atoms with Crippen molar-refractivity contribution >= 4 is 23.1 Å². The van der Waals surface area contributed by atoms with Gasteiger partial charge in [0.25, 0.3) is 0 Å². The van der Waals surface area contributed by atoms with Crippen LogP contribution in [0, 0.1) is 15.5 Å². The van der Waals surface area contributed by atoms with Gasteiger partial charge in [-0.3, -0.25) is 15.5 Å². The summed E-state index contributed by atoms with van der Waals surface area (Å²) in [6.07, 6.45) is 0. The second-order valence-corrected chi connectivity index (χ2v) is 4.26. The summed E-state index contributed by atoms with van der Waals surface area (Å²) in [4.78, 5) is 10.4. The number of amidine groups is 1. The number of halogens is 1. The van der Waals surface area contributed by atoms with Crippen molar-refractivity contribution < 1.29 is 9.66 Å². The van der Waals surface area contributed by atoms with E-state index in [4.69, 9.17) is 27.5 Å². The van der Waals surface area contributed by atoms with Crippen molar-refractivity contribution in [3.8, 4) is 11.5 Å². The van der Waals surface area contributed by atoms with Crippen molar-refractivity contribution in [3.63, 3.8) is 0 Å². The van der Waals surface area contributed by atoms with Crippen molar-refractivity contribution in [1.82, 2.24) is 0 Å². The van der Waals surface area contributed by atoms with E-state index in [2.05, 4.69) is 0 Å². The van der Waals surface area contributed by atoms with Crippen LogP contribution in [-0.4, -0.2) is 10.8 Å². The summed E-state index contributed by atoms with van der Waals surface area (Å²) >= 11 is 5.94. The fourth-order valence-corrected chi connectivity index (χ4v) is 1.84. The lowest BCUT2D eigenvalue weighted by Crippen LogP contribution is -2.12. The molecule has 2 aromatic carbocycles. The molecule has 0 saturated carbocycles. The number of hydrogen-bond acceptors (Lipinski definition) is 4. The number of nitro groups is 1. The Labute approximate surface area is 119 Å². The topological polar surface area (TPSA) is 102 Å². The molecule has 7 heteroatoms.